The van der Waals surface area contributed by atoms with Crippen molar-refractivity contribution in [2.45, 2.75) is 45.9 Å². The van der Waals surface area contributed by atoms with Gasteiger partial charge in [-0.2, -0.15) is 5.10 Å². The van der Waals surface area contributed by atoms with Crippen molar-refractivity contribution < 1.29 is 14.2 Å². The van der Waals surface area contributed by atoms with Gasteiger partial charge in [-0.25, -0.2) is 4.39 Å². The Bertz CT molecular complexity index is 596. The van der Waals surface area contributed by atoms with Crippen molar-refractivity contribution >= 4 is 0 Å². The number of halogens is 1. The SMILES string of the molecule is CCC(C)n1ccc(COc2cc(F)ccc2C(C)O)n1. The number of aromatic nitrogens is 2. The monoisotopic (exact) mass is 292 g/mol. The average molecular weight is 292 g/mol. The van der Waals surface area contributed by atoms with E-state index in [1.54, 1.807) is 6.92 Å². The molecule has 0 bridgehead atoms. The van der Waals surface area contributed by atoms with E-state index >= 15 is 0 Å². The molecule has 1 N–H and O–H groups in total. The first-order valence-corrected chi connectivity index (χ1v) is 7.15. The number of ether oxygens (including phenoxy) is 1. The van der Waals surface area contributed by atoms with Crippen LogP contribution in [0.3, 0.4) is 0 Å². The third-order valence-electron chi connectivity index (χ3n) is 3.51. The number of aliphatic hydroxyl groups is 1. The highest BCUT2D eigenvalue weighted by Gasteiger charge is 2.11. The zero-order chi connectivity index (χ0) is 15.4. The molecule has 1 aromatic heterocycles. The fourth-order valence-electron chi connectivity index (χ4n) is 2.02. The van der Waals surface area contributed by atoms with E-state index in [-0.39, 0.29) is 12.4 Å². The molecule has 2 rings (SSSR count). The van der Waals surface area contributed by atoms with Crippen molar-refractivity contribution in [1.29, 1.82) is 0 Å². The van der Waals surface area contributed by atoms with E-state index < -0.39 is 6.10 Å². The van der Waals surface area contributed by atoms with Crippen molar-refractivity contribution in [1.82, 2.24) is 9.78 Å². The molecule has 0 saturated carbocycles. The molecule has 2 aromatic rings. The lowest BCUT2D eigenvalue weighted by molar-refractivity contribution is 0.189. The van der Waals surface area contributed by atoms with E-state index in [4.69, 9.17) is 4.74 Å². The fraction of sp³-hybridized carbons (Fsp3) is 0.438. The Labute approximate surface area is 124 Å². The predicted molar refractivity (Wildman–Crippen MR) is 78.6 cm³/mol. The van der Waals surface area contributed by atoms with Crippen molar-refractivity contribution in [2.24, 2.45) is 0 Å². The van der Waals surface area contributed by atoms with Crippen LogP contribution in [0.15, 0.2) is 30.5 Å². The van der Waals surface area contributed by atoms with Crippen molar-refractivity contribution in [3.8, 4) is 5.75 Å². The molecule has 0 saturated heterocycles. The van der Waals surface area contributed by atoms with Gasteiger partial charge in [-0.15, -0.1) is 0 Å². The van der Waals surface area contributed by atoms with Crippen LogP contribution in [0.1, 0.15) is 50.6 Å². The number of benzene rings is 1. The highest BCUT2D eigenvalue weighted by molar-refractivity contribution is 5.35. The molecule has 2 atom stereocenters. The zero-order valence-electron chi connectivity index (χ0n) is 12.6. The molecular formula is C16H21FN2O2. The van der Waals surface area contributed by atoms with E-state index in [9.17, 15) is 9.50 Å². The lowest BCUT2D eigenvalue weighted by Crippen LogP contribution is -2.06. The van der Waals surface area contributed by atoms with Gasteiger partial charge in [0.05, 0.1) is 11.8 Å². The highest BCUT2D eigenvalue weighted by Crippen LogP contribution is 2.26. The summed E-state index contributed by atoms with van der Waals surface area (Å²) in [5.74, 6) is -0.0392. The van der Waals surface area contributed by atoms with Gasteiger partial charge in [-0.05, 0) is 38.5 Å². The molecule has 0 fully saturated rings. The van der Waals surface area contributed by atoms with Crippen LogP contribution < -0.4 is 4.74 Å². The molecule has 0 amide bonds. The quantitative estimate of drug-likeness (QED) is 0.884. The van der Waals surface area contributed by atoms with Gasteiger partial charge in [0.15, 0.2) is 0 Å². The molecule has 0 spiro atoms. The number of rotatable bonds is 6. The summed E-state index contributed by atoms with van der Waals surface area (Å²) in [5.41, 5.74) is 1.34. The maximum atomic E-state index is 13.3. The second-order valence-corrected chi connectivity index (χ2v) is 5.19. The van der Waals surface area contributed by atoms with E-state index in [0.717, 1.165) is 12.1 Å². The van der Waals surface area contributed by atoms with Crippen LogP contribution in [0.4, 0.5) is 4.39 Å². The second-order valence-electron chi connectivity index (χ2n) is 5.19. The summed E-state index contributed by atoms with van der Waals surface area (Å²) < 4.78 is 20.8. The minimum Gasteiger partial charge on any atom is -0.487 e. The predicted octanol–water partition coefficient (Wildman–Crippen LogP) is 3.63. The summed E-state index contributed by atoms with van der Waals surface area (Å²) >= 11 is 0. The third kappa shape index (κ3) is 3.82. The average Bonchev–Trinajstić information content (AvgIpc) is 2.93. The summed E-state index contributed by atoms with van der Waals surface area (Å²) in [6.45, 7) is 6.06. The molecule has 4 nitrogen and oxygen atoms in total. The third-order valence-corrected chi connectivity index (χ3v) is 3.51. The van der Waals surface area contributed by atoms with E-state index in [2.05, 4.69) is 18.9 Å². The van der Waals surface area contributed by atoms with Crippen molar-refractivity contribution in [3.05, 3.63) is 47.5 Å². The first-order valence-electron chi connectivity index (χ1n) is 7.15. The van der Waals surface area contributed by atoms with Crippen LogP contribution in [-0.4, -0.2) is 14.9 Å². The Morgan fingerprint density at radius 1 is 1.33 bits per heavy atom. The topological polar surface area (TPSA) is 47.3 Å². The van der Waals surface area contributed by atoms with Crippen molar-refractivity contribution in [3.63, 3.8) is 0 Å². The normalized spacial score (nSPS) is 14.0. The molecule has 114 valence electrons. The molecular weight excluding hydrogens is 271 g/mol. The largest absolute Gasteiger partial charge is 0.487 e. The van der Waals surface area contributed by atoms with Gasteiger partial charge < -0.3 is 9.84 Å². The first-order chi connectivity index (χ1) is 10.0. The summed E-state index contributed by atoms with van der Waals surface area (Å²) in [6.07, 6.45) is 2.20. The minimum absolute atomic E-state index is 0.243. The summed E-state index contributed by atoms with van der Waals surface area (Å²) in [7, 11) is 0. The van der Waals surface area contributed by atoms with Gasteiger partial charge in [-0.3, -0.25) is 4.68 Å². The Balaban J connectivity index is 2.09. The van der Waals surface area contributed by atoms with E-state index in [1.807, 2.05) is 16.9 Å². The Kier molecular flexibility index (Phi) is 4.96. The molecule has 1 aromatic carbocycles. The molecule has 21 heavy (non-hydrogen) atoms. The molecule has 1 heterocycles. The smallest absolute Gasteiger partial charge is 0.132 e. The lowest BCUT2D eigenvalue weighted by atomic mass is 10.1. The Morgan fingerprint density at radius 2 is 2.10 bits per heavy atom. The summed E-state index contributed by atoms with van der Waals surface area (Å²) in [6, 6.07) is 6.35. The highest BCUT2D eigenvalue weighted by atomic mass is 19.1. The van der Waals surface area contributed by atoms with Crippen LogP contribution in [0.5, 0.6) is 5.75 Å². The summed E-state index contributed by atoms with van der Waals surface area (Å²) in [5, 5.41) is 14.1. The summed E-state index contributed by atoms with van der Waals surface area (Å²) in [4.78, 5) is 0. The van der Waals surface area contributed by atoms with Crippen LogP contribution >= 0.6 is 0 Å². The van der Waals surface area contributed by atoms with E-state index in [0.29, 0.717) is 17.4 Å². The maximum Gasteiger partial charge on any atom is 0.132 e. The maximum absolute atomic E-state index is 13.3. The van der Waals surface area contributed by atoms with Gasteiger partial charge in [0, 0.05) is 23.9 Å². The van der Waals surface area contributed by atoms with Gasteiger partial charge >= 0.3 is 0 Å². The second kappa shape index (κ2) is 6.72. The zero-order valence-corrected chi connectivity index (χ0v) is 12.6. The fourth-order valence-corrected chi connectivity index (χ4v) is 2.02. The van der Waals surface area contributed by atoms with E-state index in [1.165, 1.54) is 18.2 Å². The minimum atomic E-state index is -0.710. The number of nitrogens with zero attached hydrogens (tertiary/aromatic N) is 2. The van der Waals surface area contributed by atoms with Crippen LogP contribution in [0.25, 0.3) is 0 Å². The molecule has 0 aliphatic rings. The molecule has 2 unspecified atom stereocenters. The number of aliphatic hydroxyl groups excluding tert-OH is 1. The molecule has 0 aliphatic carbocycles. The Morgan fingerprint density at radius 3 is 2.76 bits per heavy atom. The Hall–Kier alpha value is -1.88. The van der Waals surface area contributed by atoms with Crippen LogP contribution in [-0.2, 0) is 6.61 Å². The number of hydrogen-bond acceptors (Lipinski definition) is 3. The van der Waals surface area contributed by atoms with Gasteiger partial charge in [0.2, 0.25) is 0 Å². The van der Waals surface area contributed by atoms with Gasteiger partial charge in [0.25, 0.3) is 0 Å². The number of hydrogen-bond donors (Lipinski definition) is 1. The molecule has 0 aliphatic heterocycles. The standard InChI is InChI=1S/C16H21FN2O2/c1-4-11(2)19-8-7-14(18-19)10-21-16-9-13(17)5-6-15(16)12(3)20/h5-9,11-12,20H,4,10H2,1-3H3. The molecule has 0 radical (unpaired) electrons. The van der Waals surface area contributed by atoms with Crippen LogP contribution in [0.2, 0.25) is 0 Å². The first kappa shape index (κ1) is 15.5. The van der Waals surface area contributed by atoms with Gasteiger partial charge in [-0.1, -0.05) is 6.92 Å². The van der Waals surface area contributed by atoms with Crippen LogP contribution in [0, 0.1) is 5.82 Å². The van der Waals surface area contributed by atoms with Gasteiger partial charge in [0.1, 0.15) is 18.2 Å². The lowest BCUT2D eigenvalue weighted by Gasteiger charge is -2.13. The van der Waals surface area contributed by atoms with Crippen molar-refractivity contribution in [2.75, 3.05) is 0 Å². The molecule has 5 heteroatoms.